The van der Waals surface area contributed by atoms with E-state index in [-0.39, 0.29) is 0 Å². The maximum absolute atomic E-state index is 9.88. The number of aromatic nitrogens is 1. The van der Waals surface area contributed by atoms with Crippen LogP contribution in [0.4, 0.5) is 11.4 Å². The summed E-state index contributed by atoms with van der Waals surface area (Å²) in [5.41, 5.74) is 3.91. The molecule has 44 heavy (non-hydrogen) atoms. The number of rotatable bonds is 8. The van der Waals surface area contributed by atoms with Crippen molar-refractivity contribution in [1.82, 2.24) is 14.8 Å². The summed E-state index contributed by atoms with van der Waals surface area (Å²) in [4.78, 5) is 12.6. The lowest BCUT2D eigenvalue weighted by Crippen LogP contribution is -2.43. The van der Waals surface area contributed by atoms with Crippen molar-refractivity contribution in [2.45, 2.75) is 38.3 Å². The first-order chi connectivity index (χ1) is 21.6. The van der Waals surface area contributed by atoms with Gasteiger partial charge in [-0.25, -0.2) is 0 Å². The number of likely N-dealkylation sites (tertiary alicyclic amines) is 2. The third kappa shape index (κ3) is 6.31. The molecule has 2 aliphatic heterocycles. The van der Waals surface area contributed by atoms with Gasteiger partial charge in [0, 0.05) is 52.7 Å². The van der Waals surface area contributed by atoms with Crippen LogP contribution in [0.25, 0.3) is 21.3 Å². The van der Waals surface area contributed by atoms with Gasteiger partial charge < -0.3 is 15.0 Å². The zero-order valence-corrected chi connectivity index (χ0v) is 26.1. The topological polar surface area (TPSA) is 64.4 Å². The molecule has 7 rings (SSSR count). The number of halogens is 1. The molecule has 0 amide bonds. The highest BCUT2D eigenvalue weighted by atomic mass is 35.5. The lowest BCUT2D eigenvalue weighted by Gasteiger charge is -2.36. The molecule has 4 heterocycles. The summed E-state index contributed by atoms with van der Waals surface area (Å²) in [6.45, 7) is 5.96. The van der Waals surface area contributed by atoms with E-state index in [9.17, 15) is 5.26 Å². The number of ether oxygens (including phenoxy) is 1. The maximum Gasteiger partial charge on any atom is 0.146 e. The molecular weight excluding hydrogens is 586 g/mol. The number of thiophene rings is 1. The summed E-state index contributed by atoms with van der Waals surface area (Å²) < 4.78 is 5.93. The number of nitrogens with one attached hydrogen (secondary N) is 1. The minimum atomic E-state index is 0.470. The van der Waals surface area contributed by atoms with E-state index in [4.69, 9.17) is 16.3 Å². The second-order valence-corrected chi connectivity index (χ2v) is 13.2. The molecule has 0 aliphatic carbocycles. The van der Waals surface area contributed by atoms with Crippen molar-refractivity contribution < 1.29 is 4.74 Å². The van der Waals surface area contributed by atoms with Crippen molar-refractivity contribution in [1.29, 1.82) is 5.26 Å². The smallest absolute Gasteiger partial charge is 0.146 e. The lowest BCUT2D eigenvalue weighted by atomic mass is 10.0. The van der Waals surface area contributed by atoms with E-state index >= 15 is 0 Å². The average Bonchev–Trinajstić information content (AvgIpc) is 3.77. The van der Waals surface area contributed by atoms with Crippen molar-refractivity contribution in [3.05, 3.63) is 101 Å². The molecule has 2 fully saturated rings. The van der Waals surface area contributed by atoms with Gasteiger partial charge in [-0.05, 0) is 92.9 Å². The monoisotopic (exact) mass is 619 g/mol. The normalized spacial score (nSPS) is 16.3. The van der Waals surface area contributed by atoms with Crippen LogP contribution in [-0.2, 0) is 6.54 Å². The fourth-order valence-electron chi connectivity index (χ4n) is 6.38. The minimum Gasteiger partial charge on any atom is -0.456 e. The molecule has 0 unspecified atom stereocenters. The quantitative estimate of drug-likeness (QED) is 0.187. The number of pyridine rings is 1. The summed E-state index contributed by atoms with van der Waals surface area (Å²) in [5.74, 6) is 1.28. The Labute approximate surface area is 267 Å². The van der Waals surface area contributed by atoms with Gasteiger partial charge in [-0.1, -0.05) is 41.9 Å². The van der Waals surface area contributed by atoms with Crippen molar-refractivity contribution in [2.24, 2.45) is 0 Å². The molecule has 8 heteroatoms. The summed E-state index contributed by atoms with van der Waals surface area (Å²) in [5, 5.41) is 14.7. The third-order valence-electron chi connectivity index (χ3n) is 8.70. The van der Waals surface area contributed by atoms with Crippen molar-refractivity contribution in [3.63, 3.8) is 0 Å². The zero-order valence-electron chi connectivity index (χ0n) is 24.5. The van der Waals surface area contributed by atoms with E-state index in [0.29, 0.717) is 27.8 Å². The van der Waals surface area contributed by atoms with Crippen LogP contribution in [0.5, 0.6) is 11.5 Å². The highest BCUT2D eigenvalue weighted by molar-refractivity contribution is 7.15. The van der Waals surface area contributed by atoms with E-state index in [1.54, 1.807) is 6.20 Å². The van der Waals surface area contributed by atoms with Crippen LogP contribution >= 0.6 is 22.9 Å². The number of nitriles is 1. The molecule has 6 nitrogen and oxygen atoms in total. The number of hydrogen-bond acceptors (Lipinski definition) is 7. The molecule has 2 aromatic heterocycles. The maximum atomic E-state index is 9.88. The minimum absolute atomic E-state index is 0.470. The van der Waals surface area contributed by atoms with Crippen LogP contribution in [0.1, 0.15) is 36.1 Å². The van der Waals surface area contributed by atoms with E-state index in [1.807, 2.05) is 59.9 Å². The SMILES string of the molecule is N#Cc1cnc2cc(-c3ccc(CN4CCC(N5CCCC5)CC4)s3)ccc2c1Nc1ccc(Oc2ccccc2)c(Cl)c1. The Kier molecular flexibility index (Phi) is 8.50. The fraction of sp³-hybridized carbons (Fsp3) is 0.278. The zero-order chi connectivity index (χ0) is 29.9. The first kappa shape index (κ1) is 28.8. The predicted octanol–water partition coefficient (Wildman–Crippen LogP) is 9.08. The van der Waals surface area contributed by atoms with E-state index in [2.05, 4.69) is 56.5 Å². The van der Waals surface area contributed by atoms with Gasteiger partial charge in [-0.3, -0.25) is 9.88 Å². The second kappa shape index (κ2) is 13.0. The van der Waals surface area contributed by atoms with Gasteiger partial charge in [-0.2, -0.15) is 5.26 Å². The number of piperidine rings is 1. The van der Waals surface area contributed by atoms with Gasteiger partial charge in [0.2, 0.25) is 0 Å². The molecule has 222 valence electrons. The third-order valence-corrected chi connectivity index (χ3v) is 10.1. The predicted molar refractivity (Wildman–Crippen MR) is 180 cm³/mol. The van der Waals surface area contributed by atoms with Crippen LogP contribution < -0.4 is 10.1 Å². The standard InChI is InChI=1S/C36H34ClN5OS/c37-32-21-27(9-12-34(32)43-29-6-2-1-3-7-29)40-36-26(22-38)23-39-33-20-25(8-11-31(33)36)35-13-10-30(44-35)24-41-18-14-28(15-19-41)42-16-4-5-17-42/h1-3,6-13,20-21,23,28H,4-5,14-19,24H2,(H,39,40). The van der Waals surface area contributed by atoms with E-state index in [0.717, 1.165) is 34.7 Å². The van der Waals surface area contributed by atoms with Crippen molar-refractivity contribution in [3.8, 4) is 28.0 Å². The molecule has 2 saturated heterocycles. The summed E-state index contributed by atoms with van der Waals surface area (Å²) in [7, 11) is 0. The lowest BCUT2D eigenvalue weighted by molar-refractivity contribution is 0.123. The number of fused-ring (bicyclic) bond motifs is 1. The number of anilines is 2. The van der Waals surface area contributed by atoms with Gasteiger partial charge in [0.1, 0.15) is 17.6 Å². The first-order valence-corrected chi connectivity index (χ1v) is 16.5. The number of nitrogens with zero attached hydrogens (tertiary/aromatic N) is 4. The molecule has 1 N–H and O–H groups in total. The Hall–Kier alpha value is -3.93. The molecule has 0 radical (unpaired) electrons. The van der Waals surface area contributed by atoms with E-state index in [1.165, 1.54) is 61.6 Å². The van der Waals surface area contributed by atoms with Crippen LogP contribution in [0, 0.1) is 11.3 Å². The summed E-state index contributed by atoms with van der Waals surface area (Å²) >= 11 is 8.43. The van der Waals surface area contributed by atoms with Gasteiger partial charge in [0.15, 0.2) is 0 Å². The highest BCUT2D eigenvalue weighted by Crippen LogP contribution is 2.37. The average molecular weight is 620 g/mol. The van der Waals surface area contributed by atoms with Gasteiger partial charge >= 0.3 is 0 Å². The molecule has 5 aromatic rings. The van der Waals surface area contributed by atoms with Crippen LogP contribution in [0.3, 0.4) is 0 Å². The molecule has 0 bridgehead atoms. The largest absolute Gasteiger partial charge is 0.456 e. The van der Waals surface area contributed by atoms with Crippen LogP contribution in [0.2, 0.25) is 5.02 Å². The fourth-order valence-corrected chi connectivity index (χ4v) is 7.64. The molecule has 3 aromatic carbocycles. The van der Waals surface area contributed by atoms with Crippen molar-refractivity contribution >= 4 is 45.2 Å². The molecular formula is C36H34ClN5OS. The Morgan fingerprint density at radius 2 is 1.77 bits per heavy atom. The van der Waals surface area contributed by atoms with Crippen LogP contribution in [0.15, 0.2) is 85.1 Å². The van der Waals surface area contributed by atoms with Gasteiger partial charge in [0.25, 0.3) is 0 Å². The first-order valence-electron chi connectivity index (χ1n) is 15.3. The Balaban J connectivity index is 1.06. The Morgan fingerprint density at radius 3 is 2.55 bits per heavy atom. The second-order valence-electron chi connectivity index (χ2n) is 11.6. The number of hydrogen-bond donors (Lipinski definition) is 1. The number of benzene rings is 3. The van der Waals surface area contributed by atoms with Gasteiger partial charge in [-0.15, -0.1) is 11.3 Å². The molecule has 0 saturated carbocycles. The summed E-state index contributed by atoms with van der Waals surface area (Å²) in [6, 6.07) is 28.9. The summed E-state index contributed by atoms with van der Waals surface area (Å²) in [6.07, 6.45) is 6.94. The molecule has 0 atom stereocenters. The van der Waals surface area contributed by atoms with E-state index < -0.39 is 0 Å². The number of para-hydroxylation sites is 1. The highest BCUT2D eigenvalue weighted by Gasteiger charge is 2.26. The Morgan fingerprint density at radius 1 is 0.955 bits per heavy atom. The molecule has 0 spiro atoms. The van der Waals surface area contributed by atoms with Crippen molar-refractivity contribution in [2.75, 3.05) is 31.5 Å². The Bertz CT molecular complexity index is 1800. The molecule has 2 aliphatic rings. The van der Waals surface area contributed by atoms with Crippen LogP contribution in [-0.4, -0.2) is 47.0 Å². The van der Waals surface area contributed by atoms with Gasteiger partial charge in [0.05, 0.1) is 21.8 Å².